The fourth-order valence-electron chi connectivity index (χ4n) is 5.15. The van der Waals surface area contributed by atoms with Crippen LogP contribution in [-0.2, 0) is 10.4 Å². The molecule has 0 aliphatic heterocycles. The van der Waals surface area contributed by atoms with Crippen molar-refractivity contribution in [3.05, 3.63) is 78.4 Å². The van der Waals surface area contributed by atoms with Gasteiger partial charge in [-0.15, -0.1) is 0 Å². The summed E-state index contributed by atoms with van der Waals surface area (Å²) in [5, 5.41) is 4.20. The van der Waals surface area contributed by atoms with Gasteiger partial charge in [0.1, 0.15) is 11.9 Å². The van der Waals surface area contributed by atoms with Crippen molar-refractivity contribution in [3.63, 3.8) is 0 Å². The summed E-state index contributed by atoms with van der Waals surface area (Å²) < 4.78 is 28.8. The summed E-state index contributed by atoms with van der Waals surface area (Å²) in [4.78, 5) is 0. The van der Waals surface area contributed by atoms with Crippen LogP contribution in [0.25, 0.3) is 21.5 Å². The molecule has 3 heteroatoms. The van der Waals surface area contributed by atoms with Crippen molar-refractivity contribution in [2.45, 2.75) is 83.4 Å². The van der Waals surface area contributed by atoms with Gasteiger partial charge in [0.05, 0.1) is 6.61 Å². The minimum absolute atomic E-state index is 0.573. The zero-order valence-electron chi connectivity index (χ0n) is 22.0. The molecule has 192 valence electrons. The Morgan fingerprint density at radius 1 is 0.750 bits per heavy atom. The third kappa shape index (κ3) is 6.18. The van der Waals surface area contributed by atoms with E-state index < -0.39 is 11.8 Å². The van der Waals surface area contributed by atoms with Crippen molar-refractivity contribution in [2.24, 2.45) is 0 Å². The Morgan fingerprint density at radius 3 is 2.33 bits per heavy atom. The van der Waals surface area contributed by atoms with Gasteiger partial charge in [-0.05, 0) is 52.6 Å². The van der Waals surface area contributed by atoms with E-state index in [1.807, 2.05) is 36.4 Å². The molecular weight excluding hydrogens is 447 g/mol. The highest BCUT2D eigenvalue weighted by atomic mass is 19.1. The Balaban J connectivity index is 1.55. The van der Waals surface area contributed by atoms with Crippen LogP contribution in [0.1, 0.15) is 77.2 Å². The molecule has 3 aromatic rings. The summed E-state index contributed by atoms with van der Waals surface area (Å²) in [5.74, 6) is 0.896. The van der Waals surface area contributed by atoms with Gasteiger partial charge < -0.3 is 9.47 Å². The van der Waals surface area contributed by atoms with E-state index in [2.05, 4.69) is 38.1 Å². The van der Waals surface area contributed by atoms with E-state index in [-0.39, 0.29) is 0 Å². The molecule has 2 nitrogen and oxygen atoms in total. The first kappa shape index (κ1) is 26.4. The maximum absolute atomic E-state index is 16.7. The molecule has 0 N–H and O–H groups in total. The van der Waals surface area contributed by atoms with Crippen molar-refractivity contribution < 1.29 is 13.9 Å². The van der Waals surface area contributed by atoms with Crippen LogP contribution in [0.4, 0.5) is 4.39 Å². The molecule has 1 aliphatic carbocycles. The average molecular weight is 489 g/mol. The number of ether oxygens (including phenoxy) is 2. The summed E-state index contributed by atoms with van der Waals surface area (Å²) in [5.41, 5.74) is -1.04. The van der Waals surface area contributed by atoms with Crippen molar-refractivity contribution in [1.29, 1.82) is 0 Å². The number of hydrogen-bond donors (Lipinski definition) is 0. The summed E-state index contributed by atoms with van der Waals surface area (Å²) in [6, 6.07) is 16.3. The maximum atomic E-state index is 16.7. The van der Waals surface area contributed by atoms with Crippen molar-refractivity contribution >= 4 is 21.5 Å². The van der Waals surface area contributed by atoms with Crippen LogP contribution >= 0.6 is 0 Å². The predicted octanol–water partition coefficient (Wildman–Crippen LogP) is 9.60. The SMILES string of the molecule is CCCCCCCOc1ccc2c(ccc3c(C4(F)C=CC=CC4OCCCCCC)cccc32)c1. The van der Waals surface area contributed by atoms with Gasteiger partial charge in [0.15, 0.2) is 5.67 Å². The molecule has 0 heterocycles. The van der Waals surface area contributed by atoms with Crippen LogP contribution in [0.3, 0.4) is 0 Å². The van der Waals surface area contributed by atoms with Crippen molar-refractivity contribution in [2.75, 3.05) is 13.2 Å². The second kappa shape index (κ2) is 13.1. The maximum Gasteiger partial charge on any atom is 0.184 e. The molecule has 0 bridgehead atoms. The summed E-state index contributed by atoms with van der Waals surface area (Å²) in [7, 11) is 0. The quantitative estimate of drug-likeness (QED) is 0.166. The molecule has 0 spiro atoms. The Bertz CT molecular complexity index is 1180. The lowest BCUT2D eigenvalue weighted by atomic mass is 9.83. The van der Waals surface area contributed by atoms with Crippen LogP contribution in [-0.4, -0.2) is 19.3 Å². The number of rotatable bonds is 14. The summed E-state index contributed by atoms with van der Waals surface area (Å²) >= 11 is 0. The van der Waals surface area contributed by atoms with Crippen LogP contribution in [0.2, 0.25) is 0 Å². The van der Waals surface area contributed by atoms with Gasteiger partial charge in [-0.2, -0.15) is 0 Å². The van der Waals surface area contributed by atoms with Gasteiger partial charge in [-0.1, -0.05) is 113 Å². The largest absolute Gasteiger partial charge is 0.494 e. The summed E-state index contributed by atoms with van der Waals surface area (Å²) in [6.07, 6.45) is 17.1. The van der Waals surface area contributed by atoms with Crippen LogP contribution in [0.15, 0.2) is 72.8 Å². The molecule has 0 saturated carbocycles. The lowest BCUT2D eigenvalue weighted by Crippen LogP contribution is -2.36. The molecule has 3 aromatic carbocycles. The predicted molar refractivity (Wildman–Crippen MR) is 151 cm³/mol. The molecule has 4 rings (SSSR count). The van der Waals surface area contributed by atoms with E-state index in [0.29, 0.717) is 12.2 Å². The monoisotopic (exact) mass is 488 g/mol. The van der Waals surface area contributed by atoms with Crippen molar-refractivity contribution in [3.8, 4) is 5.75 Å². The Kier molecular flexibility index (Phi) is 9.58. The Labute approximate surface area is 216 Å². The van der Waals surface area contributed by atoms with Gasteiger partial charge in [-0.3, -0.25) is 0 Å². The van der Waals surface area contributed by atoms with Gasteiger partial charge in [-0.25, -0.2) is 4.39 Å². The van der Waals surface area contributed by atoms with Crippen LogP contribution in [0.5, 0.6) is 5.75 Å². The van der Waals surface area contributed by atoms with Gasteiger partial charge >= 0.3 is 0 Å². The molecule has 1 aliphatic rings. The molecule has 0 aromatic heterocycles. The van der Waals surface area contributed by atoms with E-state index in [1.165, 1.54) is 38.5 Å². The Hall–Kier alpha value is -2.65. The van der Waals surface area contributed by atoms with Gasteiger partial charge in [0.25, 0.3) is 0 Å². The minimum Gasteiger partial charge on any atom is -0.494 e. The number of unbranched alkanes of at least 4 members (excludes halogenated alkanes) is 7. The number of fused-ring (bicyclic) bond motifs is 3. The topological polar surface area (TPSA) is 18.5 Å². The number of alkyl halides is 1. The van der Waals surface area contributed by atoms with E-state index in [9.17, 15) is 0 Å². The second-order valence-corrected chi connectivity index (χ2v) is 9.98. The normalized spacial score (nSPS) is 19.4. The first-order valence-electron chi connectivity index (χ1n) is 13.9. The first-order chi connectivity index (χ1) is 17.7. The second-order valence-electron chi connectivity index (χ2n) is 9.98. The number of allylic oxidation sites excluding steroid dienone is 2. The summed E-state index contributed by atoms with van der Waals surface area (Å²) in [6.45, 7) is 5.74. The number of benzene rings is 3. The van der Waals surface area contributed by atoms with E-state index in [0.717, 1.165) is 53.2 Å². The highest BCUT2D eigenvalue weighted by Crippen LogP contribution is 2.41. The van der Waals surface area contributed by atoms with Crippen LogP contribution in [0, 0.1) is 0 Å². The fourth-order valence-corrected chi connectivity index (χ4v) is 5.15. The molecule has 36 heavy (non-hydrogen) atoms. The zero-order chi connectivity index (χ0) is 25.2. The third-order valence-electron chi connectivity index (χ3n) is 7.22. The molecule has 0 amide bonds. The van der Waals surface area contributed by atoms with Gasteiger partial charge in [0, 0.05) is 12.2 Å². The minimum atomic E-state index is -1.70. The van der Waals surface area contributed by atoms with E-state index >= 15 is 4.39 Å². The average Bonchev–Trinajstić information content (AvgIpc) is 2.91. The Morgan fingerprint density at radius 2 is 1.50 bits per heavy atom. The first-order valence-corrected chi connectivity index (χ1v) is 13.9. The molecule has 2 atom stereocenters. The highest BCUT2D eigenvalue weighted by molar-refractivity contribution is 6.09. The lowest BCUT2D eigenvalue weighted by Gasteiger charge is -2.32. The van der Waals surface area contributed by atoms with Crippen LogP contribution < -0.4 is 4.74 Å². The molecule has 0 radical (unpaired) electrons. The number of hydrogen-bond acceptors (Lipinski definition) is 2. The fraction of sp³-hybridized carbons (Fsp3) is 0.455. The zero-order valence-corrected chi connectivity index (χ0v) is 22.0. The molecule has 0 saturated heterocycles. The standard InChI is InChI=1S/C33H41FO2/c1-3-5-7-9-13-23-35-27-19-21-28-26(25-27)18-20-30-29(28)15-14-16-31(30)33(34)22-11-10-17-32(33)36-24-12-8-6-4-2/h10-11,14-22,25,32H,3-9,12-13,23-24H2,1-2H3. The van der Waals surface area contributed by atoms with E-state index in [4.69, 9.17) is 9.47 Å². The van der Waals surface area contributed by atoms with Crippen molar-refractivity contribution in [1.82, 2.24) is 0 Å². The third-order valence-corrected chi connectivity index (χ3v) is 7.22. The van der Waals surface area contributed by atoms with E-state index in [1.54, 1.807) is 12.2 Å². The highest BCUT2D eigenvalue weighted by Gasteiger charge is 2.40. The molecule has 2 unspecified atom stereocenters. The van der Waals surface area contributed by atoms with Gasteiger partial charge in [0.2, 0.25) is 0 Å². The lowest BCUT2D eigenvalue weighted by molar-refractivity contribution is -0.0128. The molecular formula is C33H41FO2. The smallest absolute Gasteiger partial charge is 0.184 e. The number of halogens is 1. The molecule has 0 fully saturated rings.